The van der Waals surface area contributed by atoms with Crippen LogP contribution in [0.3, 0.4) is 0 Å². The zero-order valence-corrected chi connectivity index (χ0v) is 18.1. The zero-order valence-electron chi connectivity index (χ0n) is 14.9. The van der Waals surface area contributed by atoms with E-state index in [1.807, 2.05) is 85.8 Å². The third-order valence-electron chi connectivity index (χ3n) is 4.29. The molecule has 0 saturated heterocycles. The number of ketones is 1. The molecular weight excluding hydrogens is 468 g/mol. The van der Waals surface area contributed by atoms with Crippen LogP contribution in [0.25, 0.3) is 0 Å². The second-order valence-electron chi connectivity index (χ2n) is 6.35. The lowest BCUT2D eigenvalue weighted by Gasteiger charge is -2.18. The maximum atomic E-state index is 13.1. The minimum atomic E-state index is -0.401. The van der Waals surface area contributed by atoms with Crippen molar-refractivity contribution in [2.24, 2.45) is 0 Å². The van der Waals surface area contributed by atoms with Gasteiger partial charge in [-0.3, -0.25) is 4.79 Å². The Kier molecular flexibility index (Phi) is 6.86. The van der Waals surface area contributed by atoms with Gasteiger partial charge in [0.2, 0.25) is 0 Å². The number of Topliss-reactive ketones (excluding diaryl/α,β-unsaturated/α-hetero) is 1. The average molecular weight is 488 g/mol. The minimum absolute atomic E-state index is 0.0129. The topological polar surface area (TPSA) is 26.3 Å². The molecule has 0 spiro atoms. The minimum Gasteiger partial charge on any atom is -0.488 e. The molecule has 3 rings (SSSR count). The summed E-state index contributed by atoms with van der Waals surface area (Å²) in [6, 6.07) is 25.5. The van der Waals surface area contributed by atoms with Gasteiger partial charge in [-0.25, -0.2) is 0 Å². The van der Waals surface area contributed by atoms with Gasteiger partial charge in [0.05, 0.1) is 15.2 Å². The van der Waals surface area contributed by atoms with Crippen LogP contribution in [0.4, 0.5) is 0 Å². The van der Waals surface area contributed by atoms with E-state index in [1.165, 1.54) is 5.56 Å². The van der Waals surface area contributed by atoms with Crippen LogP contribution in [-0.4, -0.2) is 10.6 Å². The summed E-state index contributed by atoms with van der Waals surface area (Å²) >= 11 is 7.24. The summed E-state index contributed by atoms with van der Waals surface area (Å²) < 4.78 is 5.94. The van der Waals surface area contributed by atoms with Crippen LogP contribution in [0.5, 0.6) is 5.75 Å². The lowest BCUT2D eigenvalue weighted by Crippen LogP contribution is -2.20. The van der Waals surface area contributed by atoms with Gasteiger partial charge in [0.1, 0.15) is 12.4 Å². The molecule has 0 N–H and O–H groups in total. The average Bonchev–Trinajstić information content (AvgIpc) is 2.72. The highest BCUT2D eigenvalue weighted by molar-refractivity contribution is 9.12. The van der Waals surface area contributed by atoms with E-state index >= 15 is 0 Å². The van der Waals surface area contributed by atoms with Gasteiger partial charge in [0.25, 0.3) is 0 Å². The van der Waals surface area contributed by atoms with Crippen molar-refractivity contribution in [3.8, 4) is 5.75 Å². The van der Waals surface area contributed by atoms with Crippen LogP contribution in [-0.2, 0) is 6.61 Å². The van der Waals surface area contributed by atoms with Gasteiger partial charge >= 0.3 is 0 Å². The van der Waals surface area contributed by atoms with Crippen molar-refractivity contribution >= 4 is 37.6 Å². The van der Waals surface area contributed by atoms with E-state index in [0.717, 1.165) is 11.1 Å². The summed E-state index contributed by atoms with van der Waals surface area (Å²) in [5, 5.41) is 0. The molecule has 0 bridgehead atoms. The van der Waals surface area contributed by atoms with Crippen LogP contribution < -0.4 is 4.74 Å². The van der Waals surface area contributed by atoms with Crippen molar-refractivity contribution in [3.63, 3.8) is 0 Å². The van der Waals surface area contributed by atoms with E-state index in [2.05, 4.69) is 31.9 Å². The lowest BCUT2D eigenvalue weighted by molar-refractivity contribution is 0.0986. The molecular formula is C23H20Br2O2. The molecule has 0 aromatic heterocycles. The van der Waals surface area contributed by atoms with Gasteiger partial charge in [-0.1, -0.05) is 104 Å². The third kappa shape index (κ3) is 5.08. The molecule has 2 atom stereocenters. The molecule has 0 aliphatic carbocycles. The highest BCUT2D eigenvalue weighted by atomic mass is 79.9. The fraction of sp³-hybridized carbons (Fsp3) is 0.174. The molecule has 3 aromatic carbocycles. The number of hydrogen-bond acceptors (Lipinski definition) is 2. The summed E-state index contributed by atoms with van der Waals surface area (Å²) in [6.07, 6.45) is 0. The van der Waals surface area contributed by atoms with Gasteiger partial charge in [0, 0.05) is 0 Å². The Bertz CT molecular complexity index is 892. The van der Waals surface area contributed by atoms with Crippen molar-refractivity contribution in [2.45, 2.75) is 23.2 Å². The number of benzene rings is 3. The fourth-order valence-electron chi connectivity index (χ4n) is 2.73. The summed E-state index contributed by atoms with van der Waals surface area (Å²) in [7, 11) is 0. The molecule has 0 unspecified atom stereocenters. The lowest BCUT2D eigenvalue weighted by atomic mass is 10.0. The van der Waals surface area contributed by atoms with E-state index in [-0.39, 0.29) is 10.6 Å². The molecule has 4 heteroatoms. The van der Waals surface area contributed by atoms with Crippen molar-refractivity contribution < 1.29 is 9.53 Å². The van der Waals surface area contributed by atoms with E-state index in [1.54, 1.807) is 0 Å². The number of rotatable bonds is 7. The highest BCUT2D eigenvalue weighted by Gasteiger charge is 2.28. The van der Waals surface area contributed by atoms with Gasteiger partial charge < -0.3 is 4.74 Å². The molecule has 27 heavy (non-hydrogen) atoms. The molecule has 0 aliphatic heterocycles. The van der Waals surface area contributed by atoms with E-state index < -0.39 is 4.83 Å². The molecule has 0 heterocycles. The Hall–Kier alpha value is -1.91. The Morgan fingerprint density at radius 3 is 2.22 bits per heavy atom. The Balaban J connectivity index is 1.76. The first-order chi connectivity index (χ1) is 13.1. The number of aryl methyl sites for hydroxylation is 1. The van der Waals surface area contributed by atoms with Crippen LogP contribution in [0.15, 0.2) is 78.9 Å². The molecule has 0 aliphatic rings. The van der Waals surface area contributed by atoms with Crippen molar-refractivity contribution in [1.29, 1.82) is 0 Å². The van der Waals surface area contributed by atoms with Gasteiger partial charge in [0.15, 0.2) is 5.78 Å². The van der Waals surface area contributed by atoms with Crippen LogP contribution in [0, 0.1) is 6.92 Å². The number of para-hydroxylation sites is 1. The van der Waals surface area contributed by atoms with E-state index in [0.29, 0.717) is 17.9 Å². The van der Waals surface area contributed by atoms with Crippen molar-refractivity contribution in [3.05, 3.63) is 101 Å². The first kappa shape index (κ1) is 19.8. The van der Waals surface area contributed by atoms with Gasteiger partial charge in [-0.2, -0.15) is 0 Å². The molecule has 0 amide bonds. The number of carbonyl (C=O) groups excluding carboxylic acids is 1. The second kappa shape index (κ2) is 9.34. The predicted octanol–water partition coefficient (Wildman–Crippen LogP) is 6.66. The normalized spacial score (nSPS) is 13.0. The SMILES string of the molecule is Cc1ccc([C@H](Br)[C@@H](Br)C(=O)c2ccccc2OCc2ccccc2)cc1. The summed E-state index contributed by atoms with van der Waals surface area (Å²) in [6.45, 7) is 2.47. The summed E-state index contributed by atoms with van der Waals surface area (Å²) in [4.78, 5) is 12.6. The maximum absolute atomic E-state index is 13.1. The number of carbonyl (C=O) groups is 1. The molecule has 2 nitrogen and oxygen atoms in total. The molecule has 0 fully saturated rings. The Morgan fingerprint density at radius 1 is 0.889 bits per heavy atom. The predicted molar refractivity (Wildman–Crippen MR) is 117 cm³/mol. The molecule has 3 aromatic rings. The van der Waals surface area contributed by atoms with E-state index in [9.17, 15) is 4.79 Å². The van der Waals surface area contributed by atoms with Crippen LogP contribution >= 0.6 is 31.9 Å². The largest absolute Gasteiger partial charge is 0.488 e. The zero-order chi connectivity index (χ0) is 19.2. The van der Waals surface area contributed by atoms with Crippen molar-refractivity contribution in [1.82, 2.24) is 0 Å². The van der Waals surface area contributed by atoms with Crippen molar-refractivity contribution in [2.75, 3.05) is 0 Å². The second-order valence-corrected chi connectivity index (χ2v) is 8.32. The fourth-order valence-corrected chi connectivity index (χ4v) is 3.83. The number of halogens is 2. The molecule has 138 valence electrons. The van der Waals surface area contributed by atoms with Gasteiger partial charge in [-0.05, 0) is 30.2 Å². The smallest absolute Gasteiger partial charge is 0.181 e. The molecule has 0 saturated carbocycles. The number of ether oxygens (including phenoxy) is 1. The summed E-state index contributed by atoms with van der Waals surface area (Å²) in [5.74, 6) is 0.584. The van der Waals surface area contributed by atoms with E-state index in [4.69, 9.17) is 4.74 Å². The summed E-state index contributed by atoms with van der Waals surface area (Å²) in [5.41, 5.74) is 3.88. The molecule has 0 radical (unpaired) electrons. The first-order valence-corrected chi connectivity index (χ1v) is 10.5. The standard InChI is InChI=1S/C23H20Br2O2/c1-16-11-13-18(14-12-16)21(24)22(25)23(26)19-9-5-6-10-20(19)27-15-17-7-3-2-4-8-17/h2-14,21-22H,15H2,1H3/t21-,22+/m0/s1. The first-order valence-electron chi connectivity index (χ1n) is 8.71. The van der Waals surface area contributed by atoms with Gasteiger partial charge in [-0.15, -0.1) is 0 Å². The maximum Gasteiger partial charge on any atom is 0.181 e. The third-order valence-corrected chi connectivity index (χ3v) is 7.00. The number of hydrogen-bond donors (Lipinski definition) is 0. The number of alkyl halides is 2. The Labute approximate surface area is 176 Å². The highest BCUT2D eigenvalue weighted by Crippen LogP contribution is 2.35. The van der Waals surface area contributed by atoms with Crippen LogP contribution in [0.1, 0.15) is 31.9 Å². The van der Waals surface area contributed by atoms with Crippen LogP contribution in [0.2, 0.25) is 0 Å². The monoisotopic (exact) mass is 486 g/mol. The Morgan fingerprint density at radius 2 is 1.52 bits per heavy atom. The quantitative estimate of drug-likeness (QED) is 0.275.